The lowest BCUT2D eigenvalue weighted by Crippen LogP contribution is -2.40. The fraction of sp³-hybridized carbons (Fsp3) is 0.300. The van der Waals surface area contributed by atoms with Crippen molar-refractivity contribution in [2.45, 2.75) is 13.0 Å². The van der Waals surface area contributed by atoms with E-state index in [2.05, 4.69) is 15.5 Å². The van der Waals surface area contributed by atoms with E-state index in [-0.39, 0.29) is 23.6 Å². The first-order valence-corrected chi connectivity index (χ1v) is 10.2. The molecule has 0 bridgehead atoms. The summed E-state index contributed by atoms with van der Waals surface area (Å²) in [5, 5.41) is 9.08. The van der Waals surface area contributed by atoms with Gasteiger partial charge in [0.1, 0.15) is 10.7 Å². The van der Waals surface area contributed by atoms with Gasteiger partial charge < -0.3 is 19.5 Å². The number of amides is 2. The highest BCUT2D eigenvalue weighted by molar-refractivity contribution is 7.09. The van der Waals surface area contributed by atoms with Gasteiger partial charge in [0.15, 0.2) is 11.5 Å². The molecule has 0 aliphatic carbocycles. The highest BCUT2D eigenvalue weighted by Gasteiger charge is 2.23. The third-order valence-electron chi connectivity index (χ3n) is 4.56. The van der Waals surface area contributed by atoms with Crippen LogP contribution in [0.1, 0.15) is 39.0 Å². The predicted molar refractivity (Wildman–Crippen MR) is 107 cm³/mol. The zero-order chi connectivity index (χ0) is 20.2. The summed E-state index contributed by atoms with van der Waals surface area (Å²) in [6.07, 6.45) is 0. The Bertz CT molecular complexity index is 995. The molecule has 1 fully saturated rings. The molecule has 9 heteroatoms. The molecule has 0 radical (unpaired) electrons. The van der Waals surface area contributed by atoms with Gasteiger partial charge in [-0.2, -0.15) is 0 Å². The number of benzene rings is 1. The number of thiazole rings is 1. The molecule has 1 aliphatic rings. The number of nitrogens with one attached hydrogen (secondary N) is 1. The summed E-state index contributed by atoms with van der Waals surface area (Å²) in [5.41, 5.74) is 1.43. The molecule has 3 aromatic rings. The molecule has 150 valence electrons. The van der Waals surface area contributed by atoms with Gasteiger partial charge in [-0.25, -0.2) is 4.98 Å². The second-order valence-electron chi connectivity index (χ2n) is 6.61. The van der Waals surface area contributed by atoms with Gasteiger partial charge in [-0.1, -0.05) is 35.5 Å². The Kier molecular flexibility index (Phi) is 5.68. The molecule has 1 saturated heterocycles. The van der Waals surface area contributed by atoms with Crippen molar-refractivity contribution in [3.63, 3.8) is 0 Å². The monoisotopic (exact) mass is 412 g/mol. The molecular formula is C20H20N4O4S. The van der Waals surface area contributed by atoms with Crippen LogP contribution in [0.25, 0.3) is 11.3 Å². The number of morpholine rings is 1. The Labute approximate surface area is 171 Å². The quantitative estimate of drug-likeness (QED) is 0.692. The van der Waals surface area contributed by atoms with E-state index < -0.39 is 0 Å². The summed E-state index contributed by atoms with van der Waals surface area (Å²) in [6, 6.07) is 10.7. The summed E-state index contributed by atoms with van der Waals surface area (Å²) in [5.74, 6) is 0.0501. The van der Waals surface area contributed by atoms with E-state index in [1.54, 1.807) is 16.3 Å². The van der Waals surface area contributed by atoms with Crippen LogP contribution in [0.5, 0.6) is 0 Å². The lowest BCUT2D eigenvalue weighted by atomic mass is 10.1. The third-order valence-corrected chi connectivity index (χ3v) is 5.59. The topological polar surface area (TPSA) is 97.6 Å². The van der Waals surface area contributed by atoms with Crippen LogP contribution < -0.4 is 5.32 Å². The first-order chi connectivity index (χ1) is 14.1. The van der Waals surface area contributed by atoms with Crippen LogP contribution in [-0.2, 0) is 4.74 Å². The molecule has 2 aromatic heterocycles. The van der Waals surface area contributed by atoms with Crippen molar-refractivity contribution in [1.82, 2.24) is 20.4 Å². The van der Waals surface area contributed by atoms with Crippen LogP contribution >= 0.6 is 11.3 Å². The molecule has 0 saturated carbocycles. The molecule has 3 heterocycles. The average molecular weight is 412 g/mol. The molecule has 4 rings (SSSR count). The van der Waals surface area contributed by atoms with Crippen molar-refractivity contribution >= 4 is 23.2 Å². The fourth-order valence-corrected chi connectivity index (χ4v) is 3.77. The Morgan fingerprint density at radius 3 is 2.69 bits per heavy atom. The Balaban J connectivity index is 1.40. The maximum Gasteiger partial charge on any atom is 0.274 e. The van der Waals surface area contributed by atoms with Gasteiger partial charge in [-0.05, 0) is 6.92 Å². The van der Waals surface area contributed by atoms with E-state index >= 15 is 0 Å². The van der Waals surface area contributed by atoms with Crippen LogP contribution in [0.3, 0.4) is 0 Å². The number of nitrogens with zero attached hydrogens (tertiary/aromatic N) is 3. The molecule has 8 nitrogen and oxygen atoms in total. The van der Waals surface area contributed by atoms with Gasteiger partial charge in [0.2, 0.25) is 0 Å². The van der Waals surface area contributed by atoms with Gasteiger partial charge in [0.05, 0.1) is 19.3 Å². The normalized spacial score (nSPS) is 15.1. The van der Waals surface area contributed by atoms with Crippen molar-refractivity contribution in [1.29, 1.82) is 0 Å². The number of ether oxygens (including phenoxy) is 1. The standard InChI is InChI=1S/C20H20N4O4S/c1-13(19-22-16(12-29-19)20(26)24-7-9-27-10-8-24)21-18(25)15-11-17(28-23-15)14-5-3-2-4-6-14/h2-6,11-13H,7-10H2,1H3,(H,21,25)/t13-/m1/s1. The number of aromatic nitrogens is 2. The summed E-state index contributed by atoms with van der Waals surface area (Å²) in [7, 11) is 0. The number of rotatable bonds is 5. The van der Waals surface area contributed by atoms with Gasteiger partial charge in [-0.3, -0.25) is 9.59 Å². The fourth-order valence-electron chi connectivity index (χ4n) is 2.97. The van der Waals surface area contributed by atoms with Crippen LogP contribution in [-0.4, -0.2) is 53.2 Å². The van der Waals surface area contributed by atoms with Gasteiger partial charge in [0, 0.05) is 30.1 Å². The summed E-state index contributed by atoms with van der Waals surface area (Å²) in [6.45, 7) is 4.02. The van der Waals surface area contributed by atoms with Crippen LogP contribution in [0, 0.1) is 0 Å². The smallest absolute Gasteiger partial charge is 0.274 e. The maximum atomic E-state index is 12.5. The number of hydrogen-bond acceptors (Lipinski definition) is 7. The van der Waals surface area contributed by atoms with E-state index in [4.69, 9.17) is 9.26 Å². The van der Waals surface area contributed by atoms with Crippen molar-refractivity contribution in [3.05, 3.63) is 58.2 Å². The van der Waals surface area contributed by atoms with E-state index in [9.17, 15) is 9.59 Å². The molecule has 29 heavy (non-hydrogen) atoms. The summed E-state index contributed by atoms with van der Waals surface area (Å²) >= 11 is 1.34. The van der Waals surface area contributed by atoms with Crippen molar-refractivity contribution in [2.24, 2.45) is 0 Å². The van der Waals surface area contributed by atoms with Crippen LogP contribution in [0.2, 0.25) is 0 Å². The van der Waals surface area contributed by atoms with E-state index in [0.29, 0.717) is 42.8 Å². The molecule has 1 aromatic carbocycles. The zero-order valence-electron chi connectivity index (χ0n) is 15.8. The second-order valence-corrected chi connectivity index (χ2v) is 7.50. The lowest BCUT2D eigenvalue weighted by molar-refractivity contribution is 0.0299. The average Bonchev–Trinajstić information content (AvgIpc) is 3.45. The van der Waals surface area contributed by atoms with E-state index in [1.165, 1.54) is 11.3 Å². The molecule has 1 atom stereocenters. The number of carbonyl (C=O) groups is 2. The molecule has 0 unspecified atom stereocenters. The minimum Gasteiger partial charge on any atom is -0.378 e. The van der Waals surface area contributed by atoms with Crippen LogP contribution in [0.4, 0.5) is 0 Å². The third kappa shape index (κ3) is 4.36. The lowest BCUT2D eigenvalue weighted by Gasteiger charge is -2.26. The van der Waals surface area contributed by atoms with Crippen molar-refractivity contribution in [3.8, 4) is 11.3 Å². The number of carbonyl (C=O) groups excluding carboxylic acids is 2. The Hall–Kier alpha value is -3.04. The Morgan fingerprint density at radius 2 is 1.93 bits per heavy atom. The number of hydrogen-bond donors (Lipinski definition) is 1. The minimum absolute atomic E-state index is 0.113. The molecule has 2 amide bonds. The van der Waals surface area contributed by atoms with Crippen molar-refractivity contribution < 1.29 is 18.8 Å². The van der Waals surface area contributed by atoms with E-state index in [0.717, 1.165) is 5.56 Å². The molecular weight excluding hydrogens is 392 g/mol. The molecule has 1 N–H and O–H groups in total. The maximum absolute atomic E-state index is 12.5. The van der Waals surface area contributed by atoms with Crippen molar-refractivity contribution in [2.75, 3.05) is 26.3 Å². The molecule has 0 spiro atoms. The first-order valence-electron chi connectivity index (χ1n) is 9.27. The largest absolute Gasteiger partial charge is 0.378 e. The van der Waals surface area contributed by atoms with E-state index in [1.807, 2.05) is 37.3 Å². The zero-order valence-corrected chi connectivity index (χ0v) is 16.6. The SMILES string of the molecule is C[C@@H](NC(=O)c1cc(-c2ccccc2)on1)c1nc(C(=O)N2CCOCC2)cs1. The highest BCUT2D eigenvalue weighted by Crippen LogP contribution is 2.22. The summed E-state index contributed by atoms with van der Waals surface area (Å²) < 4.78 is 10.5. The van der Waals surface area contributed by atoms with Gasteiger partial charge >= 0.3 is 0 Å². The minimum atomic E-state index is -0.365. The highest BCUT2D eigenvalue weighted by atomic mass is 32.1. The van der Waals surface area contributed by atoms with Gasteiger partial charge in [0.25, 0.3) is 11.8 Å². The Morgan fingerprint density at radius 1 is 1.17 bits per heavy atom. The summed E-state index contributed by atoms with van der Waals surface area (Å²) in [4.78, 5) is 31.2. The van der Waals surface area contributed by atoms with Gasteiger partial charge in [-0.15, -0.1) is 11.3 Å². The van der Waals surface area contributed by atoms with Crippen LogP contribution in [0.15, 0.2) is 46.3 Å². The molecule has 1 aliphatic heterocycles. The first kappa shape index (κ1) is 19.3. The predicted octanol–water partition coefficient (Wildman–Crippen LogP) is 2.76. The second kappa shape index (κ2) is 8.54.